The van der Waals surface area contributed by atoms with Gasteiger partial charge in [-0.3, -0.25) is 15.1 Å². The highest BCUT2D eigenvalue weighted by Crippen LogP contribution is 2.34. The van der Waals surface area contributed by atoms with Gasteiger partial charge in [-0.25, -0.2) is 0 Å². The lowest BCUT2D eigenvalue weighted by atomic mass is 10.0. The molecular weight excluding hydrogens is 370 g/mol. The summed E-state index contributed by atoms with van der Waals surface area (Å²) in [5.74, 6) is 0. The molecule has 142 valence electrons. The first-order valence-electron chi connectivity index (χ1n) is 9.79. The zero-order valence-electron chi connectivity index (χ0n) is 16.0. The number of aromatic nitrogens is 5. The van der Waals surface area contributed by atoms with Gasteiger partial charge in [-0.1, -0.05) is 24.3 Å². The molecule has 0 radical (unpaired) electrons. The van der Waals surface area contributed by atoms with Crippen molar-refractivity contribution < 1.29 is 0 Å². The number of aromatic amines is 2. The van der Waals surface area contributed by atoms with Gasteiger partial charge in [0.1, 0.15) is 5.69 Å². The van der Waals surface area contributed by atoms with Crippen molar-refractivity contribution in [2.75, 3.05) is 0 Å². The van der Waals surface area contributed by atoms with E-state index in [2.05, 4.69) is 67.6 Å². The zero-order valence-corrected chi connectivity index (χ0v) is 16.0. The summed E-state index contributed by atoms with van der Waals surface area (Å²) in [6.45, 7) is 0. The highest BCUT2D eigenvalue weighted by molar-refractivity contribution is 6.01. The van der Waals surface area contributed by atoms with Crippen molar-refractivity contribution in [3.63, 3.8) is 0 Å². The molecule has 5 nitrogen and oxygen atoms in total. The van der Waals surface area contributed by atoms with Gasteiger partial charge in [0.05, 0.1) is 16.9 Å². The van der Waals surface area contributed by atoms with E-state index in [1.54, 1.807) is 0 Å². The number of H-pyrrole nitrogens is 2. The molecule has 0 saturated heterocycles. The van der Waals surface area contributed by atoms with Gasteiger partial charge in [0.15, 0.2) is 0 Å². The van der Waals surface area contributed by atoms with Crippen molar-refractivity contribution in [3.8, 4) is 33.8 Å². The predicted octanol–water partition coefficient (Wildman–Crippen LogP) is 5.84. The summed E-state index contributed by atoms with van der Waals surface area (Å²) in [7, 11) is 0. The number of rotatable bonds is 3. The van der Waals surface area contributed by atoms with E-state index in [1.165, 1.54) is 5.56 Å². The van der Waals surface area contributed by atoms with Gasteiger partial charge in [0.25, 0.3) is 0 Å². The van der Waals surface area contributed by atoms with Gasteiger partial charge in [-0.2, -0.15) is 5.10 Å². The molecule has 0 spiro atoms. The second-order valence-corrected chi connectivity index (χ2v) is 7.23. The lowest BCUT2D eigenvalue weighted by molar-refractivity contribution is 1.12. The number of benzene rings is 2. The Hall–Kier alpha value is -4.25. The van der Waals surface area contributed by atoms with Crippen molar-refractivity contribution >= 4 is 21.8 Å². The first kappa shape index (κ1) is 16.7. The van der Waals surface area contributed by atoms with Crippen LogP contribution in [0.3, 0.4) is 0 Å². The van der Waals surface area contributed by atoms with Crippen LogP contribution >= 0.6 is 0 Å². The second-order valence-electron chi connectivity index (χ2n) is 7.23. The van der Waals surface area contributed by atoms with E-state index in [9.17, 15) is 0 Å². The standard InChI is InChI=1S/C25H17N5/c1-2-11-27-21(5-1)17-7-8-23-20(14-17)25(30-29-23)24-15-19-18(4-3-6-22(19)28-24)16-9-12-26-13-10-16/h1-15,28H,(H,29,30). The molecule has 4 heterocycles. The van der Waals surface area contributed by atoms with Crippen LogP contribution in [-0.2, 0) is 0 Å². The Labute approximate surface area is 172 Å². The molecule has 5 heteroatoms. The predicted molar refractivity (Wildman–Crippen MR) is 120 cm³/mol. The maximum atomic E-state index is 4.61. The average molecular weight is 387 g/mol. The number of nitrogens with one attached hydrogen (secondary N) is 2. The topological polar surface area (TPSA) is 70.2 Å². The lowest BCUT2D eigenvalue weighted by Gasteiger charge is -2.02. The lowest BCUT2D eigenvalue weighted by Crippen LogP contribution is -1.82. The van der Waals surface area contributed by atoms with Gasteiger partial charge in [0.2, 0.25) is 0 Å². The second kappa shape index (κ2) is 6.67. The molecule has 6 aromatic rings. The molecule has 0 aliphatic heterocycles. The minimum Gasteiger partial charge on any atom is -0.353 e. The maximum absolute atomic E-state index is 4.61. The van der Waals surface area contributed by atoms with Crippen LogP contribution in [0.25, 0.3) is 55.6 Å². The zero-order chi connectivity index (χ0) is 19.9. The fourth-order valence-corrected chi connectivity index (χ4v) is 3.98. The third kappa shape index (κ3) is 2.68. The number of fused-ring (bicyclic) bond motifs is 2. The highest BCUT2D eigenvalue weighted by atomic mass is 15.1. The summed E-state index contributed by atoms with van der Waals surface area (Å²) in [5.41, 5.74) is 8.30. The van der Waals surface area contributed by atoms with E-state index >= 15 is 0 Å². The minimum absolute atomic E-state index is 0.902. The minimum atomic E-state index is 0.902. The molecule has 2 N–H and O–H groups in total. The van der Waals surface area contributed by atoms with Crippen LogP contribution < -0.4 is 0 Å². The van der Waals surface area contributed by atoms with Crippen molar-refractivity contribution in [3.05, 3.63) is 91.4 Å². The first-order valence-corrected chi connectivity index (χ1v) is 9.79. The Balaban J connectivity index is 1.52. The van der Waals surface area contributed by atoms with Crippen LogP contribution in [0, 0.1) is 0 Å². The Kier molecular flexibility index (Phi) is 3.71. The average Bonchev–Trinajstić information content (AvgIpc) is 3.43. The molecule has 0 unspecified atom stereocenters. The Bertz CT molecular complexity index is 1480. The number of hydrogen-bond donors (Lipinski definition) is 2. The fraction of sp³-hybridized carbons (Fsp3) is 0. The monoisotopic (exact) mass is 387 g/mol. The summed E-state index contributed by atoms with van der Waals surface area (Å²) in [6, 6.07) is 24.8. The van der Waals surface area contributed by atoms with Gasteiger partial charge in [-0.15, -0.1) is 0 Å². The summed E-state index contributed by atoms with van der Waals surface area (Å²) < 4.78 is 0. The van der Waals surface area contributed by atoms with Gasteiger partial charge >= 0.3 is 0 Å². The number of hydrogen-bond acceptors (Lipinski definition) is 3. The Morgan fingerprint density at radius 3 is 2.47 bits per heavy atom. The Morgan fingerprint density at radius 1 is 0.667 bits per heavy atom. The van der Waals surface area contributed by atoms with Crippen LogP contribution in [0.15, 0.2) is 91.4 Å². The summed E-state index contributed by atoms with van der Waals surface area (Å²) in [5, 5.41) is 10.00. The third-order valence-electron chi connectivity index (χ3n) is 5.43. The molecule has 0 bridgehead atoms. The van der Waals surface area contributed by atoms with Crippen LogP contribution in [0.4, 0.5) is 0 Å². The van der Waals surface area contributed by atoms with Gasteiger partial charge in [0, 0.05) is 40.4 Å². The largest absolute Gasteiger partial charge is 0.353 e. The molecule has 0 aliphatic carbocycles. The fourth-order valence-electron chi connectivity index (χ4n) is 3.98. The summed E-state index contributed by atoms with van der Waals surface area (Å²) >= 11 is 0. The van der Waals surface area contributed by atoms with Crippen LogP contribution in [-0.4, -0.2) is 25.1 Å². The van der Waals surface area contributed by atoms with E-state index in [0.29, 0.717) is 0 Å². The van der Waals surface area contributed by atoms with Crippen LogP contribution in [0.5, 0.6) is 0 Å². The molecule has 0 fully saturated rings. The van der Waals surface area contributed by atoms with Crippen LogP contribution in [0.1, 0.15) is 0 Å². The highest BCUT2D eigenvalue weighted by Gasteiger charge is 2.14. The van der Waals surface area contributed by atoms with E-state index in [1.807, 2.05) is 48.9 Å². The molecule has 0 amide bonds. The van der Waals surface area contributed by atoms with Crippen molar-refractivity contribution in [1.29, 1.82) is 0 Å². The number of pyridine rings is 2. The molecule has 2 aromatic carbocycles. The van der Waals surface area contributed by atoms with Crippen molar-refractivity contribution in [2.24, 2.45) is 0 Å². The summed E-state index contributed by atoms with van der Waals surface area (Å²) in [6.07, 6.45) is 5.46. The molecular formula is C25H17N5. The third-order valence-corrected chi connectivity index (χ3v) is 5.43. The summed E-state index contributed by atoms with van der Waals surface area (Å²) in [4.78, 5) is 12.2. The van der Waals surface area contributed by atoms with E-state index in [-0.39, 0.29) is 0 Å². The molecule has 0 saturated carbocycles. The molecule has 0 aliphatic rings. The molecule has 0 atom stereocenters. The smallest absolute Gasteiger partial charge is 0.116 e. The van der Waals surface area contributed by atoms with E-state index in [0.717, 1.165) is 50.0 Å². The molecule has 4 aromatic heterocycles. The van der Waals surface area contributed by atoms with Crippen molar-refractivity contribution in [2.45, 2.75) is 0 Å². The van der Waals surface area contributed by atoms with Crippen LogP contribution in [0.2, 0.25) is 0 Å². The van der Waals surface area contributed by atoms with Gasteiger partial charge < -0.3 is 4.98 Å². The Morgan fingerprint density at radius 2 is 1.60 bits per heavy atom. The normalized spacial score (nSPS) is 11.3. The quantitative estimate of drug-likeness (QED) is 0.401. The van der Waals surface area contributed by atoms with E-state index in [4.69, 9.17) is 0 Å². The maximum Gasteiger partial charge on any atom is 0.116 e. The van der Waals surface area contributed by atoms with Crippen molar-refractivity contribution in [1.82, 2.24) is 25.1 Å². The van der Waals surface area contributed by atoms with E-state index < -0.39 is 0 Å². The molecule has 6 rings (SSSR count). The number of nitrogens with zero attached hydrogens (tertiary/aromatic N) is 3. The van der Waals surface area contributed by atoms with Gasteiger partial charge in [-0.05, 0) is 59.7 Å². The SMILES string of the molecule is c1ccc(-c2ccc3[nH]nc(-c4cc5c(-c6ccncc6)cccc5[nH]4)c3c2)nc1. The molecule has 30 heavy (non-hydrogen) atoms. The first-order chi connectivity index (χ1) is 14.9.